The van der Waals surface area contributed by atoms with Crippen LogP contribution < -0.4 is 14.2 Å². The van der Waals surface area contributed by atoms with Crippen LogP contribution in [0.15, 0.2) is 48.8 Å². The van der Waals surface area contributed by atoms with E-state index in [1.54, 1.807) is 42.5 Å². The van der Waals surface area contributed by atoms with Crippen molar-refractivity contribution in [2.24, 2.45) is 0 Å². The first-order valence-electron chi connectivity index (χ1n) is 6.99. The second kappa shape index (κ2) is 6.78. The minimum Gasteiger partial charge on any atom is -0.493 e. The third-order valence-corrected chi connectivity index (χ3v) is 3.28. The highest BCUT2D eigenvalue weighted by molar-refractivity contribution is 5.95. The van der Waals surface area contributed by atoms with E-state index >= 15 is 0 Å². The van der Waals surface area contributed by atoms with Crippen molar-refractivity contribution >= 4 is 5.97 Å². The van der Waals surface area contributed by atoms with Crippen LogP contribution in [0.4, 0.5) is 0 Å². The lowest BCUT2D eigenvalue weighted by atomic mass is 10.2. The van der Waals surface area contributed by atoms with Gasteiger partial charge in [0.05, 0.1) is 19.9 Å². The van der Waals surface area contributed by atoms with Gasteiger partial charge in [-0.15, -0.1) is 5.10 Å². The van der Waals surface area contributed by atoms with Gasteiger partial charge < -0.3 is 14.2 Å². The Morgan fingerprint density at radius 1 is 1.04 bits per heavy atom. The third kappa shape index (κ3) is 3.02. The zero-order valence-corrected chi connectivity index (χ0v) is 13.0. The number of tetrazole rings is 1. The molecule has 2 aromatic carbocycles. The standard InChI is InChI=1S/C16H14N4O4/c1-22-14-5-3-4-13(15(14)23-2)16(21)24-12-8-6-11(7-9-12)20-10-17-18-19-20/h3-10H,1-2H3. The van der Waals surface area contributed by atoms with Crippen LogP contribution in [-0.4, -0.2) is 40.4 Å². The smallest absolute Gasteiger partial charge is 0.347 e. The van der Waals surface area contributed by atoms with Crippen LogP contribution >= 0.6 is 0 Å². The van der Waals surface area contributed by atoms with E-state index in [0.717, 1.165) is 5.69 Å². The Hall–Kier alpha value is -3.42. The number of carbonyl (C=O) groups excluding carboxylic acids is 1. The Labute approximate surface area is 137 Å². The molecule has 0 spiro atoms. The zero-order chi connectivity index (χ0) is 16.9. The largest absolute Gasteiger partial charge is 0.493 e. The van der Waals surface area contributed by atoms with E-state index < -0.39 is 5.97 Å². The minimum atomic E-state index is -0.541. The fourth-order valence-corrected chi connectivity index (χ4v) is 2.16. The molecule has 3 rings (SSSR count). The topological polar surface area (TPSA) is 88.4 Å². The number of hydrogen-bond donors (Lipinski definition) is 0. The lowest BCUT2D eigenvalue weighted by molar-refractivity contribution is 0.0730. The number of methoxy groups -OCH3 is 2. The Balaban J connectivity index is 1.80. The highest BCUT2D eigenvalue weighted by Crippen LogP contribution is 2.31. The molecule has 0 atom stereocenters. The lowest BCUT2D eigenvalue weighted by Gasteiger charge is -2.12. The fraction of sp³-hybridized carbons (Fsp3) is 0.125. The van der Waals surface area contributed by atoms with Gasteiger partial charge in [-0.3, -0.25) is 0 Å². The number of benzene rings is 2. The van der Waals surface area contributed by atoms with Gasteiger partial charge in [0.15, 0.2) is 11.5 Å². The minimum absolute atomic E-state index is 0.279. The SMILES string of the molecule is COc1cccc(C(=O)Oc2ccc(-n3cnnn3)cc2)c1OC. The van der Waals surface area contributed by atoms with E-state index in [1.165, 1.54) is 25.2 Å². The van der Waals surface area contributed by atoms with Gasteiger partial charge >= 0.3 is 5.97 Å². The average Bonchev–Trinajstić information content (AvgIpc) is 3.16. The van der Waals surface area contributed by atoms with Gasteiger partial charge in [0.2, 0.25) is 0 Å². The molecule has 0 aliphatic rings. The van der Waals surface area contributed by atoms with Gasteiger partial charge in [0.1, 0.15) is 17.6 Å². The van der Waals surface area contributed by atoms with Crippen LogP contribution in [0.1, 0.15) is 10.4 Å². The van der Waals surface area contributed by atoms with Crippen molar-refractivity contribution in [3.8, 4) is 22.9 Å². The molecule has 0 unspecified atom stereocenters. The summed E-state index contributed by atoms with van der Waals surface area (Å²) in [6.45, 7) is 0. The van der Waals surface area contributed by atoms with Crippen molar-refractivity contribution < 1.29 is 19.0 Å². The van der Waals surface area contributed by atoms with Crippen molar-refractivity contribution in [2.45, 2.75) is 0 Å². The molecular weight excluding hydrogens is 312 g/mol. The molecule has 8 nitrogen and oxygen atoms in total. The third-order valence-electron chi connectivity index (χ3n) is 3.28. The molecule has 0 N–H and O–H groups in total. The Morgan fingerprint density at radius 3 is 2.46 bits per heavy atom. The van der Waals surface area contributed by atoms with E-state index in [9.17, 15) is 4.79 Å². The molecule has 8 heteroatoms. The number of aromatic nitrogens is 4. The van der Waals surface area contributed by atoms with Gasteiger partial charge in [-0.05, 0) is 46.8 Å². The van der Waals surface area contributed by atoms with Crippen LogP contribution in [0.3, 0.4) is 0 Å². The molecule has 0 aliphatic heterocycles. The van der Waals surface area contributed by atoms with Gasteiger partial charge in [0, 0.05) is 0 Å². The molecule has 3 aromatic rings. The van der Waals surface area contributed by atoms with Crippen LogP contribution in [0.25, 0.3) is 5.69 Å². The monoisotopic (exact) mass is 326 g/mol. The second-order valence-corrected chi connectivity index (χ2v) is 4.68. The molecular formula is C16H14N4O4. The maximum atomic E-state index is 12.4. The first-order chi connectivity index (χ1) is 11.7. The van der Waals surface area contributed by atoms with E-state index in [-0.39, 0.29) is 5.56 Å². The number of ether oxygens (including phenoxy) is 3. The fourth-order valence-electron chi connectivity index (χ4n) is 2.16. The summed E-state index contributed by atoms with van der Waals surface area (Å²) in [5.41, 5.74) is 1.03. The number of para-hydroxylation sites is 1. The zero-order valence-electron chi connectivity index (χ0n) is 13.0. The number of hydrogen-bond acceptors (Lipinski definition) is 7. The lowest BCUT2D eigenvalue weighted by Crippen LogP contribution is -2.10. The van der Waals surface area contributed by atoms with Gasteiger partial charge in [-0.25, -0.2) is 9.48 Å². The molecule has 122 valence electrons. The molecule has 0 saturated heterocycles. The Kier molecular flexibility index (Phi) is 4.37. The highest BCUT2D eigenvalue weighted by atomic mass is 16.5. The predicted octanol–water partition coefficient (Wildman–Crippen LogP) is 1.90. The molecule has 1 aromatic heterocycles. The summed E-state index contributed by atoms with van der Waals surface area (Å²) in [4.78, 5) is 12.4. The summed E-state index contributed by atoms with van der Waals surface area (Å²) in [5, 5.41) is 10.9. The number of carbonyl (C=O) groups is 1. The number of nitrogens with zero attached hydrogens (tertiary/aromatic N) is 4. The van der Waals surface area contributed by atoms with Gasteiger partial charge in [-0.2, -0.15) is 0 Å². The van der Waals surface area contributed by atoms with Crippen LogP contribution in [0, 0.1) is 0 Å². The molecule has 0 radical (unpaired) electrons. The summed E-state index contributed by atoms with van der Waals surface area (Å²) in [5.74, 6) is 0.638. The maximum Gasteiger partial charge on any atom is 0.347 e. The van der Waals surface area contributed by atoms with E-state index in [2.05, 4.69) is 15.5 Å². The van der Waals surface area contributed by atoms with Crippen molar-refractivity contribution in [2.75, 3.05) is 14.2 Å². The summed E-state index contributed by atoms with van der Waals surface area (Å²) in [7, 11) is 2.97. The highest BCUT2D eigenvalue weighted by Gasteiger charge is 2.18. The quantitative estimate of drug-likeness (QED) is 0.522. The van der Waals surface area contributed by atoms with Crippen molar-refractivity contribution in [1.29, 1.82) is 0 Å². The average molecular weight is 326 g/mol. The summed E-state index contributed by atoms with van der Waals surface area (Å²) in [6.07, 6.45) is 1.47. The number of rotatable bonds is 5. The van der Waals surface area contributed by atoms with E-state index in [0.29, 0.717) is 17.2 Å². The van der Waals surface area contributed by atoms with Crippen molar-refractivity contribution in [3.63, 3.8) is 0 Å². The first kappa shape index (κ1) is 15.5. The Bertz CT molecular complexity index is 832. The predicted molar refractivity (Wildman–Crippen MR) is 83.7 cm³/mol. The van der Waals surface area contributed by atoms with E-state index in [1.807, 2.05) is 0 Å². The molecule has 0 amide bonds. The Morgan fingerprint density at radius 2 is 1.83 bits per heavy atom. The van der Waals surface area contributed by atoms with Crippen molar-refractivity contribution in [1.82, 2.24) is 20.2 Å². The molecule has 24 heavy (non-hydrogen) atoms. The molecule has 0 saturated carbocycles. The summed E-state index contributed by atoms with van der Waals surface area (Å²) < 4.78 is 17.3. The summed E-state index contributed by atoms with van der Waals surface area (Å²) in [6, 6.07) is 11.8. The summed E-state index contributed by atoms with van der Waals surface area (Å²) >= 11 is 0. The molecule has 1 heterocycles. The van der Waals surface area contributed by atoms with E-state index in [4.69, 9.17) is 14.2 Å². The molecule has 0 bridgehead atoms. The normalized spacial score (nSPS) is 10.2. The van der Waals surface area contributed by atoms with Gasteiger partial charge in [0.25, 0.3) is 0 Å². The molecule has 0 fully saturated rings. The second-order valence-electron chi connectivity index (χ2n) is 4.68. The van der Waals surface area contributed by atoms with Crippen LogP contribution in [-0.2, 0) is 0 Å². The van der Waals surface area contributed by atoms with Crippen LogP contribution in [0.5, 0.6) is 17.2 Å². The first-order valence-corrected chi connectivity index (χ1v) is 6.99. The maximum absolute atomic E-state index is 12.4. The van der Waals surface area contributed by atoms with Crippen molar-refractivity contribution in [3.05, 3.63) is 54.4 Å². The number of esters is 1. The molecule has 0 aliphatic carbocycles. The van der Waals surface area contributed by atoms with Gasteiger partial charge in [-0.1, -0.05) is 6.07 Å². The van der Waals surface area contributed by atoms with Crippen LogP contribution in [0.2, 0.25) is 0 Å².